The SMILES string of the molecule is CCCCCCNC(C(C)O)N(C)C. The van der Waals surface area contributed by atoms with Gasteiger partial charge in [0.2, 0.25) is 0 Å². The third kappa shape index (κ3) is 6.35. The van der Waals surface area contributed by atoms with Crippen LogP contribution in [0.15, 0.2) is 0 Å². The quantitative estimate of drug-likeness (QED) is 0.461. The van der Waals surface area contributed by atoms with Crippen LogP contribution in [0.2, 0.25) is 0 Å². The Kier molecular flexibility index (Phi) is 8.14. The predicted octanol–water partition coefficient (Wildman–Crippen LogP) is 1.42. The average molecular weight is 202 g/mol. The fourth-order valence-corrected chi connectivity index (χ4v) is 1.59. The summed E-state index contributed by atoms with van der Waals surface area (Å²) in [4.78, 5) is 2.02. The maximum absolute atomic E-state index is 9.48. The lowest BCUT2D eigenvalue weighted by Crippen LogP contribution is -2.48. The molecule has 3 nitrogen and oxygen atoms in total. The molecule has 86 valence electrons. The maximum atomic E-state index is 9.48. The van der Waals surface area contributed by atoms with E-state index < -0.39 is 0 Å². The van der Waals surface area contributed by atoms with Crippen molar-refractivity contribution >= 4 is 0 Å². The minimum absolute atomic E-state index is 0.0802. The Morgan fingerprint density at radius 2 is 1.86 bits per heavy atom. The molecule has 0 saturated heterocycles. The Labute approximate surface area is 88.5 Å². The number of nitrogens with one attached hydrogen (secondary N) is 1. The summed E-state index contributed by atoms with van der Waals surface area (Å²) in [6, 6.07) is 0. The first-order valence-corrected chi connectivity index (χ1v) is 5.67. The van der Waals surface area contributed by atoms with Crippen molar-refractivity contribution in [3.63, 3.8) is 0 Å². The van der Waals surface area contributed by atoms with Crippen molar-refractivity contribution < 1.29 is 5.11 Å². The molecule has 0 bridgehead atoms. The molecule has 14 heavy (non-hydrogen) atoms. The van der Waals surface area contributed by atoms with Gasteiger partial charge in [-0.05, 0) is 34.0 Å². The van der Waals surface area contributed by atoms with Crippen LogP contribution in [0.1, 0.15) is 39.5 Å². The lowest BCUT2D eigenvalue weighted by Gasteiger charge is -2.28. The standard InChI is InChI=1S/C11H26N2O/c1-5-6-7-8-9-12-11(10(2)14)13(3)4/h10-12,14H,5-9H2,1-4H3. The third-order valence-corrected chi connectivity index (χ3v) is 2.40. The Hall–Kier alpha value is -0.120. The molecule has 2 unspecified atom stereocenters. The molecular formula is C11H26N2O. The van der Waals surface area contributed by atoms with E-state index in [1.54, 1.807) is 0 Å². The fraction of sp³-hybridized carbons (Fsp3) is 1.00. The summed E-state index contributed by atoms with van der Waals surface area (Å²) in [5.74, 6) is 0. The topological polar surface area (TPSA) is 35.5 Å². The first-order chi connectivity index (χ1) is 6.59. The van der Waals surface area contributed by atoms with Gasteiger partial charge in [-0.1, -0.05) is 26.2 Å². The Bertz CT molecular complexity index is 118. The number of nitrogens with zero attached hydrogens (tertiary/aromatic N) is 1. The van der Waals surface area contributed by atoms with Crippen molar-refractivity contribution in [2.24, 2.45) is 0 Å². The van der Waals surface area contributed by atoms with Crippen LogP contribution in [0.4, 0.5) is 0 Å². The van der Waals surface area contributed by atoms with Crippen LogP contribution >= 0.6 is 0 Å². The van der Waals surface area contributed by atoms with Crippen LogP contribution in [0.3, 0.4) is 0 Å². The monoisotopic (exact) mass is 202 g/mol. The van der Waals surface area contributed by atoms with E-state index in [4.69, 9.17) is 0 Å². The molecule has 0 spiro atoms. The molecule has 0 fully saturated rings. The molecule has 0 aromatic rings. The first-order valence-electron chi connectivity index (χ1n) is 5.67. The minimum atomic E-state index is -0.323. The van der Waals surface area contributed by atoms with Gasteiger partial charge in [0, 0.05) is 0 Å². The highest BCUT2D eigenvalue weighted by Gasteiger charge is 2.15. The number of hydrogen-bond donors (Lipinski definition) is 2. The maximum Gasteiger partial charge on any atom is 0.0857 e. The molecule has 0 aromatic heterocycles. The van der Waals surface area contributed by atoms with Gasteiger partial charge >= 0.3 is 0 Å². The molecule has 0 aliphatic rings. The molecule has 0 saturated carbocycles. The molecule has 0 aromatic carbocycles. The summed E-state index contributed by atoms with van der Waals surface area (Å²) in [5, 5.41) is 12.8. The largest absolute Gasteiger partial charge is 0.390 e. The van der Waals surface area contributed by atoms with Crippen molar-refractivity contribution in [3.05, 3.63) is 0 Å². The lowest BCUT2D eigenvalue weighted by molar-refractivity contribution is 0.0696. The molecule has 0 radical (unpaired) electrons. The highest BCUT2D eigenvalue weighted by molar-refractivity contribution is 4.69. The predicted molar refractivity (Wildman–Crippen MR) is 61.3 cm³/mol. The van der Waals surface area contributed by atoms with E-state index in [-0.39, 0.29) is 12.3 Å². The zero-order chi connectivity index (χ0) is 11.0. The minimum Gasteiger partial charge on any atom is -0.390 e. The molecule has 0 amide bonds. The molecule has 0 rings (SSSR count). The van der Waals surface area contributed by atoms with Crippen molar-refractivity contribution in [1.29, 1.82) is 0 Å². The Balaban J connectivity index is 3.52. The van der Waals surface area contributed by atoms with Crippen LogP contribution < -0.4 is 5.32 Å². The van der Waals surface area contributed by atoms with Crippen LogP contribution in [0.25, 0.3) is 0 Å². The van der Waals surface area contributed by atoms with Gasteiger partial charge in [-0.15, -0.1) is 0 Å². The summed E-state index contributed by atoms with van der Waals surface area (Å²) >= 11 is 0. The van der Waals surface area contributed by atoms with Crippen LogP contribution in [-0.2, 0) is 0 Å². The van der Waals surface area contributed by atoms with E-state index >= 15 is 0 Å². The van der Waals surface area contributed by atoms with Gasteiger partial charge in [-0.3, -0.25) is 10.2 Å². The summed E-state index contributed by atoms with van der Waals surface area (Å²) in [7, 11) is 3.97. The highest BCUT2D eigenvalue weighted by Crippen LogP contribution is 2.00. The molecule has 3 heteroatoms. The number of hydrogen-bond acceptors (Lipinski definition) is 3. The van der Waals surface area contributed by atoms with Crippen LogP contribution in [0.5, 0.6) is 0 Å². The lowest BCUT2D eigenvalue weighted by atomic mass is 10.2. The Morgan fingerprint density at radius 3 is 2.29 bits per heavy atom. The van der Waals surface area contributed by atoms with E-state index in [0.29, 0.717) is 0 Å². The van der Waals surface area contributed by atoms with E-state index in [2.05, 4.69) is 12.2 Å². The van der Waals surface area contributed by atoms with Crippen LogP contribution in [-0.4, -0.2) is 42.9 Å². The second-order valence-electron chi connectivity index (χ2n) is 4.16. The van der Waals surface area contributed by atoms with Crippen LogP contribution in [0, 0.1) is 0 Å². The zero-order valence-corrected chi connectivity index (χ0v) is 10.1. The normalized spacial score (nSPS) is 15.9. The van der Waals surface area contributed by atoms with Gasteiger partial charge in [-0.2, -0.15) is 0 Å². The molecular weight excluding hydrogens is 176 g/mol. The van der Waals surface area contributed by atoms with E-state index in [0.717, 1.165) is 6.54 Å². The number of aliphatic hydroxyl groups is 1. The van der Waals surface area contributed by atoms with Crippen molar-refractivity contribution in [2.45, 2.75) is 51.8 Å². The summed E-state index contributed by atoms with van der Waals surface area (Å²) in [5.41, 5.74) is 0. The van der Waals surface area contributed by atoms with E-state index in [1.165, 1.54) is 25.7 Å². The molecule has 2 N–H and O–H groups in total. The number of aliphatic hydroxyl groups excluding tert-OH is 1. The average Bonchev–Trinajstić information content (AvgIpc) is 2.09. The van der Waals surface area contributed by atoms with Gasteiger partial charge in [-0.25, -0.2) is 0 Å². The van der Waals surface area contributed by atoms with Gasteiger partial charge in [0.25, 0.3) is 0 Å². The summed E-state index contributed by atoms with van der Waals surface area (Å²) in [6.07, 6.45) is 4.82. The number of unbranched alkanes of at least 4 members (excludes halogenated alkanes) is 3. The van der Waals surface area contributed by atoms with E-state index in [1.807, 2.05) is 25.9 Å². The first kappa shape index (κ1) is 13.9. The molecule has 0 aliphatic heterocycles. The van der Waals surface area contributed by atoms with Gasteiger partial charge in [0.05, 0.1) is 12.3 Å². The third-order valence-electron chi connectivity index (χ3n) is 2.40. The summed E-state index contributed by atoms with van der Waals surface area (Å²) < 4.78 is 0. The van der Waals surface area contributed by atoms with E-state index in [9.17, 15) is 5.11 Å². The second kappa shape index (κ2) is 8.21. The van der Waals surface area contributed by atoms with Crippen molar-refractivity contribution in [1.82, 2.24) is 10.2 Å². The van der Waals surface area contributed by atoms with Gasteiger partial charge < -0.3 is 5.11 Å². The summed E-state index contributed by atoms with van der Waals surface area (Å²) in [6.45, 7) is 5.03. The molecule has 0 heterocycles. The zero-order valence-electron chi connectivity index (χ0n) is 10.1. The van der Waals surface area contributed by atoms with Crippen molar-refractivity contribution in [2.75, 3.05) is 20.6 Å². The number of likely N-dealkylation sites (N-methyl/N-ethyl adjacent to an activating group) is 1. The number of rotatable bonds is 8. The second-order valence-corrected chi connectivity index (χ2v) is 4.16. The van der Waals surface area contributed by atoms with Gasteiger partial charge in [0.15, 0.2) is 0 Å². The van der Waals surface area contributed by atoms with Crippen molar-refractivity contribution in [3.8, 4) is 0 Å². The smallest absolute Gasteiger partial charge is 0.0857 e. The highest BCUT2D eigenvalue weighted by atomic mass is 16.3. The molecule has 0 aliphatic carbocycles. The molecule has 2 atom stereocenters. The van der Waals surface area contributed by atoms with Gasteiger partial charge in [0.1, 0.15) is 0 Å². The fourth-order valence-electron chi connectivity index (χ4n) is 1.59. The Morgan fingerprint density at radius 1 is 1.21 bits per heavy atom.